The molecule has 1 N–H and O–H groups in total. The Labute approximate surface area is 275 Å². The third-order valence-corrected chi connectivity index (χ3v) is 10.4. The number of benzene rings is 4. The van der Waals surface area contributed by atoms with Gasteiger partial charge in [0.2, 0.25) is 11.5 Å². The normalized spacial score (nSPS) is 19.7. The summed E-state index contributed by atoms with van der Waals surface area (Å²) in [6.07, 6.45) is 3.05. The molecule has 2 unspecified atom stereocenters. The van der Waals surface area contributed by atoms with Crippen LogP contribution in [0.25, 0.3) is 0 Å². The minimum absolute atomic E-state index is 0.0890. The minimum Gasteiger partial charge on any atom is -0.504 e. The van der Waals surface area contributed by atoms with E-state index in [1.807, 2.05) is 12.1 Å². The van der Waals surface area contributed by atoms with Gasteiger partial charge in [-0.15, -0.1) is 0 Å². The Morgan fingerprint density at radius 1 is 0.723 bits per heavy atom. The zero-order chi connectivity index (χ0) is 32.4. The molecule has 244 valence electrons. The molecule has 0 radical (unpaired) electrons. The number of ether oxygens (including phenoxy) is 6. The summed E-state index contributed by atoms with van der Waals surface area (Å²) in [5.74, 6) is 4.66. The summed E-state index contributed by atoms with van der Waals surface area (Å²) < 4.78 is 37.0. The molecule has 0 saturated heterocycles. The zero-order valence-corrected chi connectivity index (χ0v) is 27.5. The monoisotopic (exact) mass is 636 g/mol. The second-order valence-corrected chi connectivity index (χ2v) is 12.8. The maximum absolute atomic E-state index is 11.6. The number of phenolic OH excluding ortho intramolecular Hbond substituents is 1. The van der Waals surface area contributed by atoms with Gasteiger partial charge in [0, 0.05) is 42.8 Å². The van der Waals surface area contributed by atoms with Gasteiger partial charge in [0.25, 0.3) is 0 Å². The lowest BCUT2D eigenvalue weighted by Crippen LogP contribution is -2.39. The quantitative estimate of drug-likeness (QED) is 0.262. The number of hydrogen-bond acceptors (Lipinski definition) is 9. The summed E-state index contributed by atoms with van der Waals surface area (Å²) in [5, 5.41) is 11.6. The molecule has 4 aromatic rings. The predicted molar refractivity (Wildman–Crippen MR) is 177 cm³/mol. The van der Waals surface area contributed by atoms with Crippen molar-refractivity contribution in [1.82, 2.24) is 9.80 Å². The van der Waals surface area contributed by atoms with E-state index in [-0.39, 0.29) is 23.6 Å². The van der Waals surface area contributed by atoms with Crippen LogP contribution in [0.3, 0.4) is 0 Å². The Kier molecular flexibility index (Phi) is 7.33. The molecule has 5 aliphatic rings. The number of nitrogens with zero attached hydrogens (tertiary/aromatic N) is 2. The summed E-state index contributed by atoms with van der Waals surface area (Å²) in [5.41, 5.74) is 7.73. The SMILES string of the molecule is COc1cc2c3cc1Oc1ccc(cc1)CC1c4cc(c(OC)cc4CCN1C)Oc1c(OC)c(OC)c(O)c4c1C(C3)N(CC4)C2. The summed E-state index contributed by atoms with van der Waals surface area (Å²) in [4.78, 5) is 4.84. The highest BCUT2D eigenvalue weighted by Crippen LogP contribution is 2.57. The molecule has 0 amide bonds. The fourth-order valence-corrected chi connectivity index (χ4v) is 7.97. The first-order chi connectivity index (χ1) is 22.9. The Morgan fingerprint density at radius 3 is 2.17 bits per heavy atom. The van der Waals surface area contributed by atoms with Crippen molar-refractivity contribution in [3.8, 4) is 51.7 Å². The van der Waals surface area contributed by atoms with E-state index >= 15 is 0 Å². The maximum atomic E-state index is 11.6. The van der Waals surface area contributed by atoms with Gasteiger partial charge < -0.3 is 33.5 Å². The summed E-state index contributed by atoms with van der Waals surface area (Å²) in [6.45, 7) is 2.42. The second-order valence-electron chi connectivity index (χ2n) is 12.8. The highest BCUT2D eigenvalue weighted by atomic mass is 16.5. The predicted octanol–water partition coefficient (Wildman–Crippen LogP) is 6.75. The van der Waals surface area contributed by atoms with Gasteiger partial charge in [-0.3, -0.25) is 9.80 Å². The van der Waals surface area contributed by atoms with Gasteiger partial charge in [0.1, 0.15) is 5.75 Å². The lowest BCUT2D eigenvalue weighted by atomic mass is 9.82. The van der Waals surface area contributed by atoms with Gasteiger partial charge in [-0.2, -0.15) is 0 Å². The number of fused-ring (bicyclic) bond motifs is 2. The molecule has 0 spiro atoms. The van der Waals surface area contributed by atoms with Crippen LogP contribution in [0.1, 0.15) is 51.0 Å². The van der Waals surface area contributed by atoms with E-state index in [4.69, 9.17) is 28.4 Å². The van der Waals surface area contributed by atoms with Crippen LogP contribution in [-0.4, -0.2) is 63.5 Å². The molecule has 0 aliphatic carbocycles. The van der Waals surface area contributed by atoms with E-state index in [1.165, 1.54) is 22.3 Å². The summed E-state index contributed by atoms with van der Waals surface area (Å²) in [6, 6.07) is 16.9. The molecule has 7 bridgehead atoms. The van der Waals surface area contributed by atoms with Crippen LogP contribution < -0.4 is 28.4 Å². The molecule has 9 rings (SSSR count). The Hall–Kier alpha value is -4.60. The number of hydrogen-bond donors (Lipinski definition) is 1. The van der Waals surface area contributed by atoms with Crippen molar-refractivity contribution in [2.75, 3.05) is 48.6 Å². The fraction of sp³-hybridized carbons (Fsp3) is 0.368. The van der Waals surface area contributed by atoms with E-state index in [0.29, 0.717) is 47.3 Å². The number of methoxy groups -OCH3 is 4. The smallest absolute Gasteiger partial charge is 0.208 e. The lowest BCUT2D eigenvalue weighted by molar-refractivity contribution is 0.154. The second kappa shape index (κ2) is 11.6. The minimum atomic E-state index is -0.0890. The Bertz CT molecular complexity index is 1870. The van der Waals surface area contributed by atoms with E-state index in [9.17, 15) is 5.11 Å². The van der Waals surface area contributed by atoms with Gasteiger partial charge in [-0.05, 0) is 96.9 Å². The average molecular weight is 637 g/mol. The van der Waals surface area contributed by atoms with Gasteiger partial charge in [-0.25, -0.2) is 0 Å². The molecule has 2 atom stereocenters. The third-order valence-electron chi connectivity index (χ3n) is 10.4. The van der Waals surface area contributed by atoms with E-state index in [2.05, 4.69) is 53.2 Å². The highest BCUT2D eigenvalue weighted by Gasteiger charge is 2.40. The molecule has 5 heterocycles. The standard InChI is InChI=1S/C38H40N2O7/c1-39-12-10-22-16-30(42-2)33-19-27(22)28(39)14-21-6-8-25(9-7-21)46-32-17-23-15-29-34-26(11-13-40(29)20-24(23)18-31(32)43-3)35(41)37(44-4)38(45-5)36(34)47-33/h6-9,16-19,28-29,41H,10-15,20H2,1-5H3. The fourth-order valence-electron chi connectivity index (χ4n) is 7.97. The molecule has 47 heavy (non-hydrogen) atoms. The van der Waals surface area contributed by atoms with E-state index in [1.54, 1.807) is 28.4 Å². The van der Waals surface area contributed by atoms with Crippen LogP contribution in [0.5, 0.6) is 51.7 Å². The zero-order valence-electron chi connectivity index (χ0n) is 27.5. The first-order valence-electron chi connectivity index (χ1n) is 16.2. The Balaban J connectivity index is 1.38. The molecule has 5 aliphatic heterocycles. The summed E-state index contributed by atoms with van der Waals surface area (Å²) >= 11 is 0. The van der Waals surface area contributed by atoms with Crippen molar-refractivity contribution in [1.29, 1.82) is 0 Å². The van der Waals surface area contributed by atoms with Crippen molar-refractivity contribution in [2.45, 2.75) is 44.3 Å². The first kappa shape index (κ1) is 29.8. The topological polar surface area (TPSA) is 82.1 Å². The molecule has 0 saturated carbocycles. The van der Waals surface area contributed by atoms with Gasteiger partial charge in [-0.1, -0.05) is 12.1 Å². The third kappa shape index (κ3) is 4.83. The van der Waals surface area contributed by atoms with Crippen molar-refractivity contribution in [3.63, 3.8) is 0 Å². The molecule has 4 aromatic carbocycles. The largest absolute Gasteiger partial charge is 0.504 e. The van der Waals surface area contributed by atoms with E-state index < -0.39 is 0 Å². The number of likely N-dealkylation sites (N-methyl/N-ethyl adjacent to an activating group) is 1. The van der Waals surface area contributed by atoms with Gasteiger partial charge in [0.15, 0.2) is 34.5 Å². The average Bonchev–Trinajstić information content (AvgIpc) is 3.09. The molecular formula is C38H40N2O7. The van der Waals surface area contributed by atoms with Crippen molar-refractivity contribution in [3.05, 3.63) is 87.5 Å². The van der Waals surface area contributed by atoms with Crippen molar-refractivity contribution < 1.29 is 33.5 Å². The van der Waals surface area contributed by atoms with Crippen molar-refractivity contribution >= 4 is 0 Å². The van der Waals surface area contributed by atoms with Crippen LogP contribution in [0.4, 0.5) is 0 Å². The number of rotatable bonds is 4. The summed E-state index contributed by atoms with van der Waals surface area (Å²) in [7, 11) is 8.67. The molecular weight excluding hydrogens is 596 g/mol. The number of phenols is 1. The lowest BCUT2D eigenvalue weighted by Gasteiger charge is -2.42. The van der Waals surface area contributed by atoms with E-state index in [0.717, 1.165) is 54.9 Å². The van der Waals surface area contributed by atoms with Crippen LogP contribution >= 0.6 is 0 Å². The van der Waals surface area contributed by atoms with Crippen LogP contribution in [0.2, 0.25) is 0 Å². The van der Waals surface area contributed by atoms with Gasteiger partial charge in [0.05, 0.1) is 28.4 Å². The first-order valence-corrected chi connectivity index (χ1v) is 16.2. The molecule has 9 nitrogen and oxygen atoms in total. The highest BCUT2D eigenvalue weighted by molar-refractivity contribution is 5.70. The van der Waals surface area contributed by atoms with Crippen molar-refractivity contribution in [2.24, 2.45) is 0 Å². The number of aromatic hydroxyl groups is 1. The molecule has 9 heteroatoms. The van der Waals surface area contributed by atoms with Gasteiger partial charge >= 0.3 is 0 Å². The maximum Gasteiger partial charge on any atom is 0.208 e. The molecule has 0 fully saturated rings. The van der Waals surface area contributed by atoms with Crippen LogP contribution in [-0.2, 0) is 32.2 Å². The Morgan fingerprint density at radius 2 is 1.45 bits per heavy atom. The van der Waals surface area contributed by atoms with Crippen LogP contribution in [0.15, 0.2) is 48.5 Å². The molecule has 0 aromatic heterocycles. The van der Waals surface area contributed by atoms with Crippen LogP contribution in [0, 0.1) is 0 Å².